The summed E-state index contributed by atoms with van der Waals surface area (Å²) in [5, 5.41) is 5.22. The first-order valence-electron chi connectivity index (χ1n) is 4.74. The molecule has 0 saturated carbocycles. The molecule has 2 amide bonds. The van der Waals surface area contributed by atoms with Crippen molar-refractivity contribution < 1.29 is 13.2 Å². The van der Waals surface area contributed by atoms with Gasteiger partial charge in [-0.1, -0.05) is 6.08 Å². The lowest BCUT2D eigenvalue weighted by Gasteiger charge is -2.23. The van der Waals surface area contributed by atoms with Crippen LogP contribution in [0.1, 0.15) is 13.3 Å². The topological polar surface area (TPSA) is 75.3 Å². The van der Waals surface area contributed by atoms with Crippen molar-refractivity contribution in [3.05, 3.63) is 12.7 Å². The summed E-state index contributed by atoms with van der Waals surface area (Å²) >= 11 is 0. The van der Waals surface area contributed by atoms with E-state index in [9.17, 15) is 13.2 Å². The van der Waals surface area contributed by atoms with Gasteiger partial charge >= 0.3 is 6.03 Å². The normalized spacial score (nSPS) is 28.3. The van der Waals surface area contributed by atoms with Crippen LogP contribution in [0.4, 0.5) is 4.79 Å². The Morgan fingerprint density at radius 3 is 2.73 bits per heavy atom. The van der Waals surface area contributed by atoms with E-state index in [0.29, 0.717) is 13.0 Å². The molecule has 1 fully saturated rings. The third-order valence-electron chi connectivity index (χ3n) is 2.33. The maximum Gasteiger partial charge on any atom is 0.315 e. The molecule has 0 bridgehead atoms. The number of hydrogen-bond donors (Lipinski definition) is 2. The van der Waals surface area contributed by atoms with Crippen LogP contribution >= 0.6 is 0 Å². The molecule has 1 aliphatic heterocycles. The smallest absolute Gasteiger partial charge is 0.315 e. The number of urea groups is 1. The van der Waals surface area contributed by atoms with E-state index in [-0.39, 0.29) is 17.5 Å². The molecule has 1 saturated heterocycles. The van der Waals surface area contributed by atoms with Gasteiger partial charge in [0.05, 0.1) is 17.0 Å². The highest BCUT2D eigenvalue weighted by Crippen LogP contribution is 2.22. The summed E-state index contributed by atoms with van der Waals surface area (Å²) in [6.45, 7) is 5.58. The van der Waals surface area contributed by atoms with Gasteiger partial charge in [-0.25, -0.2) is 13.2 Å². The maximum absolute atomic E-state index is 11.3. The fourth-order valence-corrected chi connectivity index (χ4v) is 3.69. The first kappa shape index (κ1) is 12.0. The van der Waals surface area contributed by atoms with Crippen molar-refractivity contribution in [3.63, 3.8) is 0 Å². The van der Waals surface area contributed by atoms with Crippen LogP contribution in [0.2, 0.25) is 0 Å². The molecule has 1 atom stereocenters. The summed E-state index contributed by atoms with van der Waals surface area (Å²) in [6.07, 6.45) is 2.03. The zero-order chi connectivity index (χ0) is 11.5. The Morgan fingerprint density at radius 2 is 2.27 bits per heavy atom. The number of carbonyl (C=O) groups is 1. The Balaban J connectivity index is 2.51. The first-order chi connectivity index (χ1) is 6.87. The highest BCUT2D eigenvalue weighted by atomic mass is 32.2. The second kappa shape index (κ2) is 4.22. The summed E-state index contributed by atoms with van der Waals surface area (Å²) < 4.78 is 22.5. The minimum Gasteiger partial charge on any atom is -0.335 e. The summed E-state index contributed by atoms with van der Waals surface area (Å²) in [4.78, 5) is 11.3. The molecule has 0 aromatic rings. The lowest BCUT2D eigenvalue weighted by Crippen LogP contribution is -2.51. The zero-order valence-corrected chi connectivity index (χ0v) is 9.56. The molecule has 0 aliphatic carbocycles. The predicted octanol–water partition coefficient (Wildman–Crippen LogP) is 0.0488. The molecule has 86 valence electrons. The first-order valence-corrected chi connectivity index (χ1v) is 6.56. The van der Waals surface area contributed by atoms with Crippen molar-refractivity contribution in [1.29, 1.82) is 0 Å². The van der Waals surface area contributed by atoms with E-state index in [1.165, 1.54) is 0 Å². The van der Waals surface area contributed by atoms with E-state index in [1.807, 2.05) is 0 Å². The van der Waals surface area contributed by atoms with Crippen molar-refractivity contribution in [2.24, 2.45) is 0 Å². The number of sulfone groups is 1. The van der Waals surface area contributed by atoms with E-state index in [1.54, 1.807) is 13.0 Å². The molecule has 2 N–H and O–H groups in total. The van der Waals surface area contributed by atoms with Crippen LogP contribution in [0.15, 0.2) is 12.7 Å². The Morgan fingerprint density at radius 1 is 1.60 bits per heavy atom. The van der Waals surface area contributed by atoms with Gasteiger partial charge in [-0.05, 0) is 13.3 Å². The van der Waals surface area contributed by atoms with E-state index in [2.05, 4.69) is 17.2 Å². The Labute approximate surface area is 89.8 Å². The van der Waals surface area contributed by atoms with Crippen molar-refractivity contribution in [2.75, 3.05) is 18.1 Å². The van der Waals surface area contributed by atoms with Crippen LogP contribution in [-0.2, 0) is 9.84 Å². The molecule has 0 aromatic carbocycles. The van der Waals surface area contributed by atoms with Gasteiger partial charge in [-0.15, -0.1) is 6.58 Å². The molecule has 0 unspecified atom stereocenters. The molecule has 1 heterocycles. The number of carbonyl (C=O) groups excluding carboxylic acids is 1. The van der Waals surface area contributed by atoms with Gasteiger partial charge in [-0.2, -0.15) is 0 Å². The highest BCUT2D eigenvalue weighted by molar-refractivity contribution is 7.91. The molecule has 1 aliphatic rings. The van der Waals surface area contributed by atoms with E-state index in [0.717, 1.165) is 0 Å². The van der Waals surface area contributed by atoms with Gasteiger partial charge in [0.1, 0.15) is 0 Å². The molecule has 0 spiro atoms. The predicted molar refractivity (Wildman–Crippen MR) is 58.4 cm³/mol. The summed E-state index contributed by atoms with van der Waals surface area (Å²) in [6, 6.07) is -0.352. The maximum atomic E-state index is 11.3. The van der Waals surface area contributed by atoms with Crippen molar-refractivity contribution in [3.8, 4) is 0 Å². The van der Waals surface area contributed by atoms with Gasteiger partial charge in [0.2, 0.25) is 0 Å². The van der Waals surface area contributed by atoms with E-state index in [4.69, 9.17) is 0 Å². The monoisotopic (exact) mass is 232 g/mol. The molecule has 0 radical (unpaired) electrons. The molecule has 6 heteroatoms. The molecule has 5 nitrogen and oxygen atoms in total. The fraction of sp³-hybridized carbons (Fsp3) is 0.667. The standard InChI is InChI=1S/C9H16N2O3S/c1-3-5-10-8(12)11-9(2)4-6-15(13,14)7-9/h3H,1,4-7H2,2H3,(H2,10,11,12)/t9-/m1/s1. The van der Waals surface area contributed by atoms with Crippen LogP contribution in [0.25, 0.3) is 0 Å². The van der Waals surface area contributed by atoms with Gasteiger partial charge in [0.25, 0.3) is 0 Å². The highest BCUT2D eigenvalue weighted by Gasteiger charge is 2.39. The second-order valence-corrected chi connectivity index (χ2v) is 6.21. The van der Waals surface area contributed by atoms with Crippen LogP contribution in [0, 0.1) is 0 Å². The van der Waals surface area contributed by atoms with Crippen LogP contribution < -0.4 is 10.6 Å². The van der Waals surface area contributed by atoms with Gasteiger partial charge in [0, 0.05) is 6.54 Å². The SMILES string of the molecule is C=CCNC(=O)N[C@]1(C)CCS(=O)(=O)C1. The molecule has 1 rings (SSSR count). The van der Waals surface area contributed by atoms with Gasteiger partial charge < -0.3 is 10.6 Å². The lowest BCUT2D eigenvalue weighted by molar-refractivity contribution is 0.231. The van der Waals surface area contributed by atoms with E-state index >= 15 is 0 Å². The van der Waals surface area contributed by atoms with Crippen molar-refractivity contribution in [2.45, 2.75) is 18.9 Å². The van der Waals surface area contributed by atoms with Gasteiger partial charge in [0.15, 0.2) is 9.84 Å². The fourth-order valence-electron chi connectivity index (χ4n) is 1.59. The van der Waals surface area contributed by atoms with E-state index < -0.39 is 15.4 Å². The number of nitrogens with one attached hydrogen (secondary N) is 2. The Kier molecular flexibility index (Phi) is 3.38. The van der Waals surface area contributed by atoms with Crippen molar-refractivity contribution >= 4 is 15.9 Å². The largest absolute Gasteiger partial charge is 0.335 e. The minimum absolute atomic E-state index is 0.0154. The third-order valence-corrected chi connectivity index (χ3v) is 4.23. The summed E-state index contributed by atoms with van der Waals surface area (Å²) in [5.41, 5.74) is -0.635. The van der Waals surface area contributed by atoms with Crippen molar-refractivity contribution in [1.82, 2.24) is 10.6 Å². The number of hydrogen-bond acceptors (Lipinski definition) is 3. The average molecular weight is 232 g/mol. The zero-order valence-electron chi connectivity index (χ0n) is 8.75. The quantitative estimate of drug-likeness (QED) is 0.675. The second-order valence-electron chi connectivity index (χ2n) is 4.03. The Hall–Kier alpha value is -1.04. The van der Waals surface area contributed by atoms with Crippen LogP contribution in [0.5, 0.6) is 0 Å². The molecule has 15 heavy (non-hydrogen) atoms. The minimum atomic E-state index is -2.98. The lowest BCUT2D eigenvalue weighted by atomic mass is 10.0. The summed E-state index contributed by atoms with van der Waals surface area (Å²) in [5.74, 6) is 0.159. The third kappa shape index (κ3) is 3.54. The molecular formula is C9H16N2O3S. The number of rotatable bonds is 3. The Bertz CT molecular complexity index is 364. The van der Waals surface area contributed by atoms with Crippen LogP contribution in [0.3, 0.4) is 0 Å². The molecular weight excluding hydrogens is 216 g/mol. The van der Waals surface area contributed by atoms with Gasteiger partial charge in [-0.3, -0.25) is 0 Å². The number of amides is 2. The molecule has 0 aromatic heterocycles. The summed E-state index contributed by atoms with van der Waals surface area (Å²) in [7, 11) is -2.98. The average Bonchev–Trinajstić information content (AvgIpc) is 2.37. The van der Waals surface area contributed by atoms with Crippen LogP contribution in [-0.4, -0.2) is 38.0 Å².